The van der Waals surface area contributed by atoms with E-state index in [0.717, 1.165) is 6.07 Å². The second kappa shape index (κ2) is 9.62. The van der Waals surface area contributed by atoms with Gasteiger partial charge in [0.05, 0.1) is 9.82 Å². The smallest absolute Gasteiger partial charge is 0.293 e. The number of carbonyl (C=O) groups is 1. The van der Waals surface area contributed by atoms with E-state index in [4.69, 9.17) is 5.14 Å². The van der Waals surface area contributed by atoms with Gasteiger partial charge >= 0.3 is 0 Å². The summed E-state index contributed by atoms with van der Waals surface area (Å²) in [5.41, 5.74) is -0.381. The number of nitrogens with one attached hydrogen (secondary N) is 1. The number of rotatable bonds is 9. The predicted molar refractivity (Wildman–Crippen MR) is 108 cm³/mol. The van der Waals surface area contributed by atoms with Crippen LogP contribution >= 0.6 is 11.8 Å². The lowest BCUT2D eigenvalue weighted by Gasteiger charge is -2.21. The minimum Gasteiger partial charge on any atom is -0.375 e. The van der Waals surface area contributed by atoms with Crippen LogP contribution in [-0.4, -0.2) is 60.0 Å². The molecule has 1 heterocycles. The Bertz CT molecular complexity index is 985. The highest BCUT2D eigenvalue weighted by Crippen LogP contribution is 2.29. The number of nitro groups is 1. The summed E-state index contributed by atoms with van der Waals surface area (Å²) in [6.45, 7) is 0. The predicted octanol–water partition coefficient (Wildman–Crippen LogP) is 1.08. The minimum absolute atomic E-state index is 0.0565. The van der Waals surface area contributed by atoms with Crippen LogP contribution in [0.2, 0.25) is 0 Å². The standard InChI is InChI=1S/C16H20N6O5S2/c1-21(2)15(23)8-11(10-28-16-18-6-3-7-19-16)20-13-5-4-12(29(17,26)27)9-14(13)22(24)25/h3-7,9,11,20H,8,10H2,1-2H3,(H2,17,26,27)/t11-/m1/s1. The van der Waals surface area contributed by atoms with E-state index in [0.29, 0.717) is 10.9 Å². The lowest BCUT2D eigenvalue weighted by molar-refractivity contribution is -0.384. The summed E-state index contributed by atoms with van der Waals surface area (Å²) in [7, 11) is -0.880. The Kier molecular flexibility index (Phi) is 7.47. The number of carbonyl (C=O) groups excluding carboxylic acids is 1. The Morgan fingerprint density at radius 1 is 1.34 bits per heavy atom. The van der Waals surface area contributed by atoms with E-state index in [1.165, 1.54) is 28.8 Å². The first-order valence-electron chi connectivity index (χ1n) is 8.25. The molecular formula is C16H20N6O5S2. The molecule has 0 saturated heterocycles. The number of hydrogen-bond acceptors (Lipinski definition) is 9. The summed E-state index contributed by atoms with van der Waals surface area (Å²) >= 11 is 1.28. The van der Waals surface area contributed by atoms with Crippen LogP contribution in [0, 0.1) is 10.1 Å². The van der Waals surface area contributed by atoms with Crippen molar-refractivity contribution in [3.63, 3.8) is 0 Å². The van der Waals surface area contributed by atoms with Gasteiger partial charge < -0.3 is 10.2 Å². The van der Waals surface area contributed by atoms with Crippen molar-refractivity contribution in [2.45, 2.75) is 22.5 Å². The molecule has 11 nitrogen and oxygen atoms in total. The number of aromatic nitrogens is 2. The normalized spacial score (nSPS) is 12.2. The number of nitro benzene ring substituents is 1. The van der Waals surface area contributed by atoms with E-state index in [1.54, 1.807) is 32.6 Å². The van der Waals surface area contributed by atoms with Crippen LogP contribution in [0.4, 0.5) is 11.4 Å². The molecule has 1 atom stereocenters. The van der Waals surface area contributed by atoms with Crippen LogP contribution in [0.5, 0.6) is 0 Å². The topological polar surface area (TPSA) is 161 Å². The Balaban J connectivity index is 2.28. The fourth-order valence-electron chi connectivity index (χ4n) is 2.26. The van der Waals surface area contributed by atoms with Gasteiger partial charge in [-0.2, -0.15) is 0 Å². The summed E-state index contributed by atoms with van der Waals surface area (Å²) in [6.07, 6.45) is 3.22. The molecule has 2 aromatic rings. The zero-order valence-corrected chi connectivity index (χ0v) is 17.3. The number of thioether (sulfide) groups is 1. The van der Waals surface area contributed by atoms with Crippen molar-refractivity contribution in [3.05, 3.63) is 46.8 Å². The van der Waals surface area contributed by atoms with E-state index in [-0.39, 0.29) is 22.9 Å². The van der Waals surface area contributed by atoms with Crippen LogP contribution in [-0.2, 0) is 14.8 Å². The fraction of sp³-hybridized carbons (Fsp3) is 0.312. The van der Waals surface area contributed by atoms with Crippen molar-refractivity contribution in [1.29, 1.82) is 0 Å². The second-order valence-electron chi connectivity index (χ2n) is 6.16. The number of sulfonamides is 1. The van der Waals surface area contributed by atoms with E-state index in [1.807, 2.05) is 0 Å². The van der Waals surface area contributed by atoms with Gasteiger partial charge in [0.2, 0.25) is 15.9 Å². The largest absolute Gasteiger partial charge is 0.375 e. The van der Waals surface area contributed by atoms with Crippen molar-refractivity contribution >= 4 is 39.1 Å². The molecular weight excluding hydrogens is 420 g/mol. The highest BCUT2D eigenvalue weighted by molar-refractivity contribution is 7.99. The Morgan fingerprint density at radius 3 is 2.55 bits per heavy atom. The molecule has 156 valence electrons. The maximum absolute atomic E-state index is 12.2. The third kappa shape index (κ3) is 6.66. The van der Waals surface area contributed by atoms with Gasteiger partial charge in [-0.25, -0.2) is 23.5 Å². The number of amides is 1. The first-order valence-corrected chi connectivity index (χ1v) is 10.8. The van der Waals surface area contributed by atoms with Crippen molar-refractivity contribution in [3.8, 4) is 0 Å². The van der Waals surface area contributed by atoms with E-state index >= 15 is 0 Å². The molecule has 1 aromatic heterocycles. The Hall–Kier alpha value is -2.77. The third-order valence-corrected chi connectivity index (χ3v) is 5.68. The molecule has 0 unspecified atom stereocenters. The van der Waals surface area contributed by atoms with Gasteiger partial charge in [-0.3, -0.25) is 14.9 Å². The molecule has 0 aliphatic rings. The molecule has 0 saturated carbocycles. The number of benzene rings is 1. The third-order valence-electron chi connectivity index (χ3n) is 3.73. The van der Waals surface area contributed by atoms with Gasteiger partial charge in [-0.05, 0) is 18.2 Å². The Morgan fingerprint density at radius 2 is 2.00 bits per heavy atom. The molecule has 2 rings (SSSR count). The molecule has 3 N–H and O–H groups in total. The van der Waals surface area contributed by atoms with E-state index < -0.39 is 26.7 Å². The molecule has 1 amide bonds. The summed E-state index contributed by atoms with van der Waals surface area (Å²) in [6, 6.07) is 4.48. The van der Waals surface area contributed by atoms with Crippen LogP contribution < -0.4 is 10.5 Å². The van der Waals surface area contributed by atoms with Gasteiger partial charge in [0.15, 0.2) is 5.16 Å². The summed E-state index contributed by atoms with van der Waals surface area (Å²) < 4.78 is 23.0. The molecule has 0 aliphatic carbocycles. The highest BCUT2D eigenvalue weighted by Gasteiger charge is 2.23. The van der Waals surface area contributed by atoms with Crippen LogP contribution in [0.1, 0.15) is 6.42 Å². The molecule has 0 aliphatic heterocycles. The van der Waals surface area contributed by atoms with Crippen molar-refractivity contribution < 1.29 is 18.1 Å². The lowest BCUT2D eigenvalue weighted by Crippen LogP contribution is -2.32. The number of nitrogens with zero attached hydrogens (tertiary/aromatic N) is 4. The van der Waals surface area contributed by atoms with Gasteiger partial charge in [-0.1, -0.05) is 11.8 Å². The quantitative estimate of drug-likeness (QED) is 0.251. The summed E-state index contributed by atoms with van der Waals surface area (Å²) in [5.74, 6) is 0.165. The number of hydrogen-bond donors (Lipinski definition) is 2. The lowest BCUT2D eigenvalue weighted by atomic mass is 10.2. The molecule has 13 heteroatoms. The number of anilines is 1. The average molecular weight is 441 g/mol. The molecule has 0 spiro atoms. The first kappa shape index (κ1) is 22.5. The number of primary sulfonamides is 1. The van der Waals surface area contributed by atoms with Gasteiger partial charge in [0.1, 0.15) is 5.69 Å². The fourth-order valence-corrected chi connectivity index (χ4v) is 3.62. The van der Waals surface area contributed by atoms with Gasteiger partial charge in [0.25, 0.3) is 5.69 Å². The minimum atomic E-state index is -4.09. The zero-order chi connectivity index (χ0) is 21.6. The van der Waals surface area contributed by atoms with E-state index in [9.17, 15) is 23.3 Å². The van der Waals surface area contributed by atoms with Crippen LogP contribution in [0.15, 0.2) is 46.7 Å². The maximum atomic E-state index is 12.2. The molecule has 29 heavy (non-hydrogen) atoms. The average Bonchev–Trinajstić information content (AvgIpc) is 2.66. The zero-order valence-electron chi connectivity index (χ0n) is 15.7. The molecule has 1 aromatic carbocycles. The maximum Gasteiger partial charge on any atom is 0.293 e. The number of nitrogens with two attached hydrogens (primary N) is 1. The summed E-state index contributed by atoms with van der Waals surface area (Å²) in [4.78, 5) is 32.1. The van der Waals surface area contributed by atoms with Gasteiger partial charge in [0, 0.05) is 50.8 Å². The van der Waals surface area contributed by atoms with Crippen LogP contribution in [0.3, 0.4) is 0 Å². The SMILES string of the molecule is CN(C)C(=O)C[C@H](CSc1ncccn1)Nc1ccc(S(N)(=O)=O)cc1[N+](=O)[O-]. The second-order valence-corrected chi connectivity index (χ2v) is 8.71. The van der Waals surface area contributed by atoms with Crippen molar-refractivity contribution in [2.24, 2.45) is 5.14 Å². The highest BCUT2D eigenvalue weighted by atomic mass is 32.2. The van der Waals surface area contributed by atoms with Crippen molar-refractivity contribution in [2.75, 3.05) is 25.2 Å². The summed E-state index contributed by atoms with van der Waals surface area (Å²) in [5, 5.41) is 19.9. The molecule has 0 fully saturated rings. The van der Waals surface area contributed by atoms with Crippen LogP contribution in [0.25, 0.3) is 0 Å². The van der Waals surface area contributed by atoms with Crippen molar-refractivity contribution in [1.82, 2.24) is 14.9 Å². The molecule has 0 bridgehead atoms. The van der Waals surface area contributed by atoms with Gasteiger partial charge in [-0.15, -0.1) is 0 Å². The molecule has 0 radical (unpaired) electrons. The first-order chi connectivity index (χ1) is 13.6. The monoisotopic (exact) mass is 440 g/mol. The Labute approximate surface area is 171 Å². The van der Waals surface area contributed by atoms with E-state index in [2.05, 4.69) is 15.3 Å².